The predicted molar refractivity (Wildman–Crippen MR) is 81.3 cm³/mol. The smallest absolute Gasteiger partial charge is 0.272 e. The Kier molecular flexibility index (Phi) is 3.83. The average molecular weight is 331 g/mol. The van der Waals surface area contributed by atoms with Crippen LogP contribution < -0.4 is 0 Å². The highest BCUT2D eigenvalue weighted by atomic mass is 79.9. The van der Waals surface area contributed by atoms with Crippen LogP contribution in [0.1, 0.15) is 28.9 Å². The first-order valence-electron chi connectivity index (χ1n) is 6.70. The maximum atomic E-state index is 12.6. The highest BCUT2D eigenvalue weighted by Crippen LogP contribution is 2.29. The Labute approximate surface area is 126 Å². The molecule has 20 heavy (non-hydrogen) atoms. The standard InChI is InChI=1S/C16H15BrN2O/c17-13-6-9-15(18-10-13)16(20)19(14-7-8-14)11-12-4-2-1-3-5-12/h1-6,9-10,14H,7-8,11H2. The van der Waals surface area contributed by atoms with Crippen LogP contribution in [0.2, 0.25) is 0 Å². The zero-order chi connectivity index (χ0) is 13.9. The Balaban J connectivity index is 1.80. The highest BCUT2D eigenvalue weighted by Gasteiger charge is 2.33. The number of aromatic nitrogens is 1. The van der Waals surface area contributed by atoms with E-state index >= 15 is 0 Å². The second kappa shape index (κ2) is 5.75. The molecule has 0 saturated heterocycles. The Morgan fingerprint density at radius 3 is 2.55 bits per heavy atom. The minimum absolute atomic E-state index is 0.0175. The summed E-state index contributed by atoms with van der Waals surface area (Å²) in [6.45, 7) is 0.655. The fraction of sp³-hybridized carbons (Fsp3) is 0.250. The minimum atomic E-state index is 0.0175. The van der Waals surface area contributed by atoms with Gasteiger partial charge in [-0.15, -0.1) is 0 Å². The van der Waals surface area contributed by atoms with E-state index in [1.165, 1.54) is 0 Å². The van der Waals surface area contributed by atoms with Gasteiger partial charge in [0, 0.05) is 23.3 Å². The first-order chi connectivity index (χ1) is 9.74. The van der Waals surface area contributed by atoms with E-state index in [-0.39, 0.29) is 5.91 Å². The van der Waals surface area contributed by atoms with Crippen molar-refractivity contribution in [2.24, 2.45) is 0 Å². The van der Waals surface area contributed by atoms with Gasteiger partial charge in [0.15, 0.2) is 0 Å². The molecule has 1 amide bonds. The van der Waals surface area contributed by atoms with Crippen LogP contribution in [-0.4, -0.2) is 21.8 Å². The number of rotatable bonds is 4. The molecule has 1 aromatic carbocycles. The van der Waals surface area contributed by atoms with Crippen LogP contribution in [0, 0.1) is 0 Å². The van der Waals surface area contributed by atoms with E-state index in [0.717, 1.165) is 22.9 Å². The summed E-state index contributed by atoms with van der Waals surface area (Å²) in [5.74, 6) is 0.0175. The van der Waals surface area contributed by atoms with Gasteiger partial charge in [-0.05, 0) is 46.5 Å². The molecule has 1 aliphatic rings. The van der Waals surface area contributed by atoms with Crippen molar-refractivity contribution in [3.63, 3.8) is 0 Å². The molecule has 0 spiro atoms. The lowest BCUT2D eigenvalue weighted by molar-refractivity contribution is 0.0724. The molecule has 0 unspecified atom stereocenters. The monoisotopic (exact) mass is 330 g/mol. The Hall–Kier alpha value is -1.68. The maximum Gasteiger partial charge on any atom is 0.272 e. The number of benzene rings is 1. The summed E-state index contributed by atoms with van der Waals surface area (Å²) in [4.78, 5) is 18.7. The van der Waals surface area contributed by atoms with Gasteiger partial charge in [0.2, 0.25) is 0 Å². The Bertz CT molecular complexity index is 594. The molecule has 0 atom stereocenters. The summed E-state index contributed by atoms with van der Waals surface area (Å²) in [5, 5.41) is 0. The summed E-state index contributed by atoms with van der Waals surface area (Å²) in [7, 11) is 0. The van der Waals surface area contributed by atoms with Crippen LogP contribution in [0.4, 0.5) is 0 Å². The first-order valence-corrected chi connectivity index (χ1v) is 7.50. The number of amides is 1. The summed E-state index contributed by atoms with van der Waals surface area (Å²) in [5.41, 5.74) is 1.67. The number of halogens is 1. The number of carbonyl (C=O) groups is 1. The van der Waals surface area contributed by atoms with Crippen LogP contribution in [0.15, 0.2) is 53.1 Å². The maximum absolute atomic E-state index is 12.6. The molecule has 0 bridgehead atoms. The third kappa shape index (κ3) is 3.07. The van der Waals surface area contributed by atoms with E-state index in [4.69, 9.17) is 0 Å². The summed E-state index contributed by atoms with van der Waals surface area (Å²) in [6.07, 6.45) is 3.85. The molecule has 1 aliphatic carbocycles. The minimum Gasteiger partial charge on any atom is -0.330 e. The molecule has 1 heterocycles. The van der Waals surface area contributed by atoms with Crippen LogP contribution in [0.25, 0.3) is 0 Å². The average Bonchev–Trinajstić information content (AvgIpc) is 3.30. The van der Waals surface area contributed by atoms with Gasteiger partial charge in [0.05, 0.1) is 0 Å². The lowest BCUT2D eigenvalue weighted by Gasteiger charge is -2.22. The molecule has 4 heteroatoms. The molecule has 1 saturated carbocycles. The molecular weight excluding hydrogens is 316 g/mol. The van der Waals surface area contributed by atoms with Crippen LogP contribution in [0.5, 0.6) is 0 Å². The molecule has 102 valence electrons. The van der Waals surface area contributed by atoms with Gasteiger partial charge in [0.25, 0.3) is 5.91 Å². The van der Waals surface area contributed by atoms with E-state index < -0.39 is 0 Å². The summed E-state index contributed by atoms with van der Waals surface area (Å²) < 4.78 is 0.884. The first kappa shape index (κ1) is 13.3. The van der Waals surface area contributed by atoms with E-state index in [9.17, 15) is 4.79 Å². The molecule has 2 aromatic rings. The van der Waals surface area contributed by atoms with Gasteiger partial charge >= 0.3 is 0 Å². The highest BCUT2D eigenvalue weighted by molar-refractivity contribution is 9.10. The van der Waals surface area contributed by atoms with Gasteiger partial charge in [0.1, 0.15) is 5.69 Å². The number of hydrogen-bond donors (Lipinski definition) is 0. The molecule has 1 aromatic heterocycles. The molecular formula is C16H15BrN2O. The number of pyridine rings is 1. The zero-order valence-corrected chi connectivity index (χ0v) is 12.6. The van der Waals surface area contributed by atoms with Crippen molar-refractivity contribution in [1.29, 1.82) is 0 Å². The van der Waals surface area contributed by atoms with E-state index in [2.05, 4.69) is 33.0 Å². The van der Waals surface area contributed by atoms with Crippen LogP contribution >= 0.6 is 15.9 Å². The fourth-order valence-corrected chi connectivity index (χ4v) is 2.42. The molecule has 0 N–H and O–H groups in total. The number of nitrogens with zero attached hydrogens (tertiary/aromatic N) is 2. The van der Waals surface area contributed by atoms with Crippen molar-refractivity contribution >= 4 is 21.8 Å². The van der Waals surface area contributed by atoms with Crippen molar-refractivity contribution < 1.29 is 4.79 Å². The molecule has 1 fully saturated rings. The normalized spacial score (nSPS) is 14.1. The zero-order valence-electron chi connectivity index (χ0n) is 11.0. The quantitative estimate of drug-likeness (QED) is 0.857. The summed E-state index contributed by atoms with van der Waals surface area (Å²) in [6, 6.07) is 14.1. The van der Waals surface area contributed by atoms with Crippen molar-refractivity contribution in [2.75, 3.05) is 0 Å². The lowest BCUT2D eigenvalue weighted by atomic mass is 10.2. The SMILES string of the molecule is O=C(c1ccc(Br)cn1)N(Cc1ccccc1)C1CC1. The third-order valence-corrected chi connectivity index (χ3v) is 3.86. The molecule has 0 aliphatic heterocycles. The fourth-order valence-electron chi connectivity index (χ4n) is 2.18. The van der Waals surface area contributed by atoms with Gasteiger partial charge in [-0.3, -0.25) is 4.79 Å². The van der Waals surface area contributed by atoms with E-state index in [1.807, 2.05) is 29.2 Å². The Morgan fingerprint density at radius 1 is 1.20 bits per heavy atom. The van der Waals surface area contributed by atoms with Crippen molar-refractivity contribution in [2.45, 2.75) is 25.4 Å². The van der Waals surface area contributed by atoms with Crippen molar-refractivity contribution in [3.05, 3.63) is 64.4 Å². The van der Waals surface area contributed by atoms with Gasteiger partial charge < -0.3 is 4.90 Å². The topological polar surface area (TPSA) is 33.2 Å². The van der Waals surface area contributed by atoms with E-state index in [0.29, 0.717) is 18.3 Å². The molecule has 0 radical (unpaired) electrons. The van der Waals surface area contributed by atoms with Crippen molar-refractivity contribution in [3.8, 4) is 0 Å². The predicted octanol–water partition coefficient (Wildman–Crippen LogP) is 3.65. The van der Waals surface area contributed by atoms with Crippen LogP contribution in [-0.2, 0) is 6.54 Å². The van der Waals surface area contributed by atoms with Gasteiger partial charge in [-0.25, -0.2) is 4.98 Å². The lowest BCUT2D eigenvalue weighted by Crippen LogP contribution is -2.33. The van der Waals surface area contributed by atoms with Crippen LogP contribution in [0.3, 0.4) is 0 Å². The van der Waals surface area contributed by atoms with E-state index in [1.54, 1.807) is 12.3 Å². The molecule has 3 rings (SSSR count). The third-order valence-electron chi connectivity index (χ3n) is 3.39. The summed E-state index contributed by atoms with van der Waals surface area (Å²) >= 11 is 3.34. The number of hydrogen-bond acceptors (Lipinski definition) is 2. The van der Waals surface area contributed by atoms with Gasteiger partial charge in [-0.1, -0.05) is 30.3 Å². The second-order valence-electron chi connectivity index (χ2n) is 5.01. The second-order valence-corrected chi connectivity index (χ2v) is 5.93. The van der Waals surface area contributed by atoms with Gasteiger partial charge in [-0.2, -0.15) is 0 Å². The largest absolute Gasteiger partial charge is 0.330 e. The molecule has 3 nitrogen and oxygen atoms in total. The Morgan fingerprint density at radius 2 is 1.95 bits per heavy atom. The van der Waals surface area contributed by atoms with Crippen molar-refractivity contribution in [1.82, 2.24) is 9.88 Å². The number of carbonyl (C=O) groups excluding carboxylic acids is 1.